The molecule has 0 aliphatic heterocycles. The van der Waals surface area contributed by atoms with Gasteiger partial charge >= 0.3 is 0 Å². The maximum atomic E-state index is 8.86. The van der Waals surface area contributed by atoms with Gasteiger partial charge in [-0.05, 0) is 24.1 Å². The lowest BCUT2D eigenvalue weighted by Gasteiger charge is -2.10. The van der Waals surface area contributed by atoms with Gasteiger partial charge in [0.15, 0.2) is 0 Å². The van der Waals surface area contributed by atoms with E-state index in [0.717, 1.165) is 12.2 Å². The fraction of sp³-hybridized carbons (Fsp3) is 0.364. The van der Waals surface area contributed by atoms with Gasteiger partial charge in [-0.15, -0.1) is 0 Å². The quantitative estimate of drug-likeness (QED) is 0.828. The highest BCUT2D eigenvalue weighted by atomic mass is 35.5. The summed E-state index contributed by atoms with van der Waals surface area (Å²) in [4.78, 5) is 0. The Labute approximate surface area is 89.5 Å². The minimum Gasteiger partial charge on any atom is -0.384 e. The van der Waals surface area contributed by atoms with Crippen molar-refractivity contribution in [3.05, 3.63) is 28.8 Å². The molecule has 0 saturated heterocycles. The first kappa shape index (κ1) is 10.9. The molecule has 1 N–H and O–H groups in total. The maximum Gasteiger partial charge on any atom is 0.101 e. The third-order valence-corrected chi connectivity index (χ3v) is 2.04. The average molecular weight is 209 g/mol. The highest BCUT2D eigenvalue weighted by Gasteiger charge is 2.02. The number of benzene rings is 1. The van der Waals surface area contributed by atoms with E-state index in [1.54, 1.807) is 12.1 Å². The number of nitriles is 1. The van der Waals surface area contributed by atoms with Crippen LogP contribution in [0.5, 0.6) is 0 Å². The second-order valence-electron chi connectivity index (χ2n) is 3.58. The Morgan fingerprint density at radius 1 is 1.50 bits per heavy atom. The summed E-state index contributed by atoms with van der Waals surface area (Å²) >= 11 is 5.78. The van der Waals surface area contributed by atoms with Crippen LogP contribution in [0.15, 0.2) is 18.2 Å². The van der Waals surface area contributed by atoms with E-state index in [9.17, 15) is 0 Å². The number of hydrogen-bond acceptors (Lipinski definition) is 2. The molecule has 0 aliphatic carbocycles. The monoisotopic (exact) mass is 208 g/mol. The normalized spacial score (nSPS) is 9.93. The van der Waals surface area contributed by atoms with Crippen LogP contribution in [0.2, 0.25) is 5.02 Å². The van der Waals surface area contributed by atoms with Gasteiger partial charge in [0.1, 0.15) is 6.07 Å². The predicted molar refractivity (Wildman–Crippen MR) is 59.5 cm³/mol. The largest absolute Gasteiger partial charge is 0.384 e. The van der Waals surface area contributed by atoms with Crippen LogP contribution in [0.4, 0.5) is 5.69 Å². The van der Waals surface area contributed by atoms with Crippen molar-refractivity contribution in [1.82, 2.24) is 0 Å². The van der Waals surface area contributed by atoms with E-state index in [1.165, 1.54) is 0 Å². The molecule has 0 unspecified atom stereocenters. The molecule has 2 nitrogen and oxygen atoms in total. The van der Waals surface area contributed by atoms with Gasteiger partial charge < -0.3 is 5.32 Å². The molecule has 0 aliphatic rings. The minimum atomic E-state index is 0.553. The summed E-state index contributed by atoms with van der Waals surface area (Å²) in [5, 5.41) is 12.7. The lowest BCUT2D eigenvalue weighted by molar-refractivity contribution is 0.689. The predicted octanol–water partition coefficient (Wildman–Crippen LogP) is 3.28. The molecule has 74 valence electrons. The molecular formula is C11H13ClN2. The highest BCUT2D eigenvalue weighted by Crippen LogP contribution is 2.19. The van der Waals surface area contributed by atoms with Crippen LogP contribution in [-0.4, -0.2) is 6.54 Å². The van der Waals surface area contributed by atoms with Crippen LogP contribution in [0, 0.1) is 17.2 Å². The van der Waals surface area contributed by atoms with Crippen LogP contribution in [-0.2, 0) is 0 Å². The molecule has 1 aromatic carbocycles. The zero-order valence-corrected chi connectivity index (χ0v) is 9.10. The summed E-state index contributed by atoms with van der Waals surface area (Å²) in [6.45, 7) is 5.10. The molecule has 1 rings (SSSR count). The Balaban J connectivity index is 2.82. The van der Waals surface area contributed by atoms with Crippen LogP contribution in [0.3, 0.4) is 0 Å². The van der Waals surface area contributed by atoms with Crippen molar-refractivity contribution in [3.63, 3.8) is 0 Å². The molecule has 0 radical (unpaired) electrons. The minimum absolute atomic E-state index is 0.553. The van der Waals surface area contributed by atoms with Crippen molar-refractivity contribution >= 4 is 17.3 Å². The van der Waals surface area contributed by atoms with E-state index in [1.807, 2.05) is 6.07 Å². The molecule has 0 saturated carbocycles. The van der Waals surface area contributed by atoms with Crippen LogP contribution in [0.1, 0.15) is 19.4 Å². The summed E-state index contributed by atoms with van der Waals surface area (Å²) in [5.74, 6) is 0.553. The Bertz CT molecular complexity index is 353. The van der Waals surface area contributed by atoms with E-state index < -0.39 is 0 Å². The van der Waals surface area contributed by atoms with E-state index in [-0.39, 0.29) is 0 Å². The van der Waals surface area contributed by atoms with Gasteiger partial charge in [-0.2, -0.15) is 5.26 Å². The van der Waals surface area contributed by atoms with Gasteiger partial charge in [0.25, 0.3) is 0 Å². The molecule has 0 atom stereocenters. The average Bonchev–Trinajstić information content (AvgIpc) is 2.15. The second kappa shape index (κ2) is 4.88. The summed E-state index contributed by atoms with van der Waals surface area (Å²) in [5.41, 5.74) is 1.45. The van der Waals surface area contributed by atoms with E-state index >= 15 is 0 Å². The van der Waals surface area contributed by atoms with Crippen molar-refractivity contribution in [1.29, 1.82) is 5.26 Å². The zero-order valence-electron chi connectivity index (χ0n) is 8.34. The molecule has 1 aromatic rings. The molecule has 0 heterocycles. The number of hydrogen-bond donors (Lipinski definition) is 1. The van der Waals surface area contributed by atoms with Crippen molar-refractivity contribution < 1.29 is 0 Å². The van der Waals surface area contributed by atoms with Gasteiger partial charge in [0, 0.05) is 11.6 Å². The first-order chi connectivity index (χ1) is 6.63. The lowest BCUT2D eigenvalue weighted by Crippen LogP contribution is -2.08. The summed E-state index contributed by atoms with van der Waals surface area (Å²) in [6.07, 6.45) is 0. The highest BCUT2D eigenvalue weighted by molar-refractivity contribution is 6.30. The van der Waals surface area contributed by atoms with E-state index in [4.69, 9.17) is 16.9 Å². The molecule has 14 heavy (non-hydrogen) atoms. The maximum absolute atomic E-state index is 8.86. The van der Waals surface area contributed by atoms with Gasteiger partial charge in [-0.25, -0.2) is 0 Å². The number of anilines is 1. The Morgan fingerprint density at radius 2 is 2.21 bits per heavy atom. The van der Waals surface area contributed by atoms with Gasteiger partial charge in [0.05, 0.1) is 11.3 Å². The molecule has 0 aromatic heterocycles. The fourth-order valence-corrected chi connectivity index (χ4v) is 1.25. The molecule has 3 heteroatoms. The molecule has 0 bridgehead atoms. The van der Waals surface area contributed by atoms with Crippen molar-refractivity contribution in [3.8, 4) is 6.07 Å². The van der Waals surface area contributed by atoms with Crippen LogP contribution >= 0.6 is 11.6 Å². The Morgan fingerprint density at radius 3 is 2.79 bits per heavy atom. The van der Waals surface area contributed by atoms with E-state index in [2.05, 4.69) is 25.2 Å². The number of nitrogens with one attached hydrogen (secondary N) is 1. The van der Waals surface area contributed by atoms with E-state index in [0.29, 0.717) is 16.5 Å². The smallest absolute Gasteiger partial charge is 0.101 e. The summed E-state index contributed by atoms with van der Waals surface area (Å²) < 4.78 is 0. The van der Waals surface area contributed by atoms with Crippen molar-refractivity contribution in [2.45, 2.75) is 13.8 Å². The summed E-state index contributed by atoms with van der Waals surface area (Å²) in [6, 6.07) is 7.40. The third kappa shape index (κ3) is 2.93. The number of rotatable bonds is 3. The molecule has 0 fully saturated rings. The first-order valence-corrected chi connectivity index (χ1v) is 4.95. The topological polar surface area (TPSA) is 35.8 Å². The molecule has 0 amide bonds. The first-order valence-electron chi connectivity index (χ1n) is 4.57. The summed E-state index contributed by atoms with van der Waals surface area (Å²) in [7, 11) is 0. The fourth-order valence-electron chi connectivity index (χ4n) is 1.08. The van der Waals surface area contributed by atoms with Crippen molar-refractivity contribution in [2.75, 3.05) is 11.9 Å². The Kier molecular flexibility index (Phi) is 3.79. The number of halogens is 1. The van der Waals surface area contributed by atoms with Gasteiger partial charge in [-0.1, -0.05) is 25.4 Å². The third-order valence-electron chi connectivity index (χ3n) is 1.80. The lowest BCUT2D eigenvalue weighted by atomic mass is 10.1. The van der Waals surface area contributed by atoms with Crippen molar-refractivity contribution in [2.24, 2.45) is 5.92 Å². The zero-order chi connectivity index (χ0) is 10.6. The SMILES string of the molecule is CC(C)CNc1ccc(Cl)cc1C#N. The van der Waals surface area contributed by atoms with Gasteiger partial charge in [0.2, 0.25) is 0 Å². The molecular weight excluding hydrogens is 196 g/mol. The second-order valence-corrected chi connectivity index (χ2v) is 4.01. The van der Waals surface area contributed by atoms with Crippen LogP contribution < -0.4 is 5.32 Å². The standard InChI is InChI=1S/C11H13ClN2/c1-8(2)7-14-11-4-3-10(12)5-9(11)6-13/h3-5,8,14H,7H2,1-2H3. The Hall–Kier alpha value is -1.20. The molecule has 0 spiro atoms. The number of nitrogens with zero attached hydrogens (tertiary/aromatic N) is 1. The van der Waals surface area contributed by atoms with Crippen LogP contribution in [0.25, 0.3) is 0 Å². The van der Waals surface area contributed by atoms with Gasteiger partial charge in [-0.3, -0.25) is 0 Å².